The average molecular weight is 272 g/mol. The van der Waals surface area contributed by atoms with Crippen molar-refractivity contribution in [3.05, 3.63) is 70.3 Å². The van der Waals surface area contributed by atoms with Crippen molar-refractivity contribution >= 4 is 5.78 Å². The van der Waals surface area contributed by atoms with E-state index in [4.69, 9.17) is 0 Å². The van der Waals surface area contributed by atoms with Crippen molar-refractivity contribution in [2.75, 3.05) is 0 Å². The molecular weight excluding hydrogens is 256 g/mol. The highest BCUT2D eigenvalue weighted by molar-refractivity contribution is 6.09. The zero-order chi connectivity index (χ0) is 15.2. The summed E-state index contributed by atoms with van der Waals surface area (Å²) < 4.78 is 0. The maximum Gasteiger partial charge on any atom is 0.279 e. The van der Waals surface area contributed by atoms with Crippen molar-refractivity contribution < 1.29 is 4.79 Å². The van der Waals surface area contributed by atoms with Crippen molar-refractivity contribution in [2.45, 2.75) is 20.8 Å². The summed E-state index contributed by atoms with van der Waals surface area (Å²) >= 11 is 0. The van der Waals surface area contributed by atoms with Gasteiger partial charge in [0.15, 0.2) is 0 Å². The molecule has 0 aliphatic carbocycles. The number of Topliss-reactive ketones (excluding diaryl/α,β-unsaturated/α-hetero) is 1. The number of benzene rings is 2. The topological polar surface area (TPSA) is 17.1 Å². The lowest BCUT2D eigenvalue weighted by atomic mass is 10.0. The van der Waals surface area contributed by atoms with E-state index in [0.717, 1.165) is 22.3 Å². The third kappa shape index (κ3) is 4.10. The van der Waals surface area contributed by atoms with Crippen LogP contribution in [0.4, 0.5) is 0 Å². The van der Waals surface area contributed by atoms with Crippen molar-refractivity contribution in [2.24, 2.45) is 0 Å². The molecule has 1 nitrogen and oxygen atoms in total. The van der Waals surface area contributed by atoms with Crippen LogP contribution in [0.15, 0.2) is 42.5 Å². The summed E-state index contributed by atoms with van der Waals surface area (Å²) in [6.07, 6.45) is 0. The van der Waals surface area contributed by atoms with Gasteiger partial charge < -0.3 is 0 Å². The molecule has 0 aliphatic rings. The molecule has 1 heteroatoms. The summed E-state index contributed by atoms with van der Waals surface area (Å²) in [5.41, 5.74) is 5.10. The number of hydrogen-bond donors (Lipinski definition) is 0. The third-order valence-corrected chi connectivity index (χ3v) is 3.07. The van der Waals surface area contributed by atoms with Gasteiger partial charge in [-0.1, -0.05) is 47.7 Å². The molecule has 0 fully saturated rings. The normalized spacial score (nSPS) is 9.10. The van der Waals surface area contributed by atoms with E-state index in [-0.39, 0.29) is 5.78 Å². The highest BCUT2D eigenvalue weighted by atomic mass is 16.1. The lowest BCUT2D eigenvalue weighted by molar-refractivity contribution is -0.108. The zero-order valence-electron chi connectivity index (χ0n) is 12.4. The largest absolute Gasteiger partial charge is 0.279 e. The van der Waals surface area contributed by atoms with Gasteiger partial charge in [-0.05, 0) is 55.9 Å². The molecule has 0 atom stereocenters. The molecule has 0 radical (unpaired) electrons. The molecule has 0 spiro atoms. The van der Waals surface area contributed by atoms with Gasteiger partial charge in [-0.2, -0.15) is 0 Å². The Labute approximate surface area is 126 Å². The number of hydrogen-bond acceptors (Lipinski definition) is 1. The van der Waals surface area contributed by atoms with Gasteiger partial charge in [-0.3, -0.25) is 4.79 Å². The third-order valence-electron chi connectivity index (χ3n) is 3.07. The van der Waals surface area contributed by atoms with Crippen molar-refractivity contribution in [3.63, 3.8) is 0 Å². The van der Waals surface area contributed by atoms with E-state index in [0.29, 0.717) is 0 Å². The molecule has 0 aromatic heterocycles. The highest BCUT2D eigenvalue weighted by Crippen LogP contribution is 2.14. The fraction of sp³-hybridized carbons (Fsp3) is 0.150. The summed E-state index contributed by atoms with van der Waals surface area (Å²) in [6, 6.07) is 13.5. The minimum atomic E-state index is -0.363. The summed E-state index contributed by atoms with van der Waals surface area (Å²) in [5, 5.41) is 0. The van der Waals surface area contributed by atoms with Gasteiger partial charge in [-0.15, -0.1) is 0 Å². The molecular formula is C20H16O. The molecule has 0 saturated heterocycles. The molecule has 0 unspecified atom stereocenters. The Balaban J connectivity index is 2.21. The first-order valence-electron chi connectivity index (χ1n) is 6.77. The summed E-state index contributed by atoms with van der Waals surface area (Å²) in [5.74, 6) is 10.6. The first kappa shape index (κ1) is 14.6. The van der Waals surface area contributed by atoms with E-state index >= 15 is 0 Å². The van der Waals surface area contributed by atoms with Crippen LogP contribution in [0.25, 0.3) is 0 Å². The SMILES string of the molecule is Cc1cc(C)c(C#CC(=O)C#Cc2ccccc2)c(C)c1. The number of carbonyl (C=O) groups excluding carboxylic acids is 1. The Morgan fingerprint density at radius 3 is 2.05 bits per heavy atom. The number of carbonyl (C=O) groups is 1. The summed E-state index contributed by atoms with van der Waals surface area (Å²) in [4.78, 5) is 11.7. The molecule has 0 aliphatic heterocycles. The molecule has 0 amide bonds. The van der Waals surface area contributed by atoms with Crippen molar-refractivity contribution in [1.82, 2.24) is 0 Å². The Morgan fingerprint density at radius 1 is 0.857 bits per heavy atom. The quantitative estimate of drug-likeness (QED) is 0.670. The van der Waals surface area contributed by atoms with Crippen LogP contribution in [0.5, 0.6) is 0 Å². The van der Waals surface area contributed by atoms with E-state index in [2.05, 4.69) is 35.8 Å². The Morgan fingerprint density at radius 2 is 1.43 bits per heavy atom. The summed E-state index contributed by atoms with van der Waals surface area (Å²) in [6.45, 7) is 6.06. The van der Waals surface area contributed by atoms with Crippen LogP contribution >= 0.6 is 0 Å². The lowest BCUT2D eigenvalue weighted by Crippen LogP contribution is -1.92. The van der Waals surface area contributed by atoms with Gasteiger partial charge in [-0.25, -0.2) is 0 Å². The van der Waals surface area contributed by atoms with E-state index in [1.54, 1.807) is 0 Å². The van der Waals surface area contributed by atoms with Gasteiger partial charge >= 0.3 is 0 Å². The van der Waals surface area contributed by atoms with Crippen LogP contribution in [0.2, 0.25) is 0 Å². The van der Waals surface area contributed by atoms with Crippen molar-refractivity contribution in [1.29, 1.82) is 0 Å². The first-order chi connectivity index (χ1) is 10.1. The van der Waals surface area contributed by atoms with E-state index in [1.165, 1.54) is 5.56 Å². The van der Waals surface area contributed by atoms with E-state index in [1.807, 2.05) is 51.1 Å². The van der Waals surface area contributed by atoms with Crippen LogP contribution in [0.3, 0.4) is 0 Å². The van der Waals surface area contributed by atoms with Crippen LogP contribution in [0, 0.1) is 44.5 Å². The molecule has 2 aromatic carbocycles. The van der Waals surface area contributed by atoms with Gasteiger partial charge in [0.1, 0.15) is 0 Å². The number of aryl methyl sites for hydroxylation is 3. The number of rotatable bonds is 0. The van der Waals surface area contributed by atoms with E-state index in [9.17, 15) is 4.79 Å². The minimum Gasteiger partial charge on any atom is -0.270 e. The fourth-order valence-electron chi connectivity index (χ4n) is 2.18. The van der Waals surface area contributed by atoms with Gasteiger partial charge in [0, 0.05) is 11.1 Å². The molecule has 0 saturated carbocycles. The maximum absolute atomic E-state index is 11.7. The fourth-order valence-corrected chi connectivity index (χ4v) is 2.18. The molecule has 102 valence electrons. The monoisotopic (exact) mass is 272 g/mol. The molecule has 0 heterocycles. The standard InChI is InChI=1S/C20H16O/c1-15-13-16(2)20(17(3)14-15)12-11-19(21)10-9-18-7-5-4-6-8-18/h4-8,13-14H,1-3H3. The lowest BCUT2D eigenvalue weighted by Gasteiger charge is -2.04. The average Bonchev–Trinajstić information content (AvgIpc) is 2.45. The van der Waals surface area contributed by atoms with Crippen LogP contribution in [-0.2, 0) is 4.79 Å². The van der Waals surface area contributed by atoms with Gasteiger partial charge in [0.25, 0.3) is 5.78 Å². The molecule has 2 aromatic rings. The second-order valence-corrected chi connectivity index (χ2v) is 4.97. The minimum absolute atomic E-state index is 0.363. The maximum atomic E-state index is 11.7. The van der Waals surface area contributed by atoms with Crippen LogP contribution < -0.4 is 0 Å². The predicted molar refractivity (Wildman–Crippen MR) is 85.9 cm³/mol. The van der Waals surface area contributed by atoms with Gasteiger partial charge in [0.05, 0.1) is 0 Å². The zero-order valence-corrected chi connectivity index (χ0v) is 12.4. The number of ketones is 1. The Kier molecular flexibility index (Phi) is 4.60. The first-order valence-corrected chi connectivity index (χ1v) is 6.77. The molecule has 2 rings (SSSR count). The van der Waals surface area contributed by atoms with Gasteiger partial charge in [0.2, 0.25) is 0 Å². The summed E-state index contributed by atoms with van der Waals surface area (Å²) in [7, 11) is 0. The van der Waals surface area contributed by atoms with Crippen LogP contribution in [0.1, 0.15) is 27.8 Å². The second kappa shape index (κ2) is 6.60. The molecule has 0 N–H and O–H groups in total. The smallest absolute Gasteiger partial charge is 0.270 e. The van der Waals surface area contributed by atoms with Crippen LogP contribution in [-0.4, -0.2) is 5.78 Å². The van der Waals surface area contributed by atoms with Crippen molar-refractivity contribution in [3.8, 4) is 23.7 Å². The molecule has 21 heavy (non-hydrogen) atoms. The predicted octanol–water partition coefficient (Wildman–Crippen LogP) is 3.58. The Hall–Kier alpha value is -2.77. The Bertz CT molecular complexity index is 767. The highest BCUT2D eigenvalue weighted by Gasteiger charge is 2.00. The molecule has 0 bridgehead atoms. The van der Waals surface area contributed by atoms with E-state index < -0.39 is 0 Å². The second-order valence-electron chi connectivity index (χ2n) is 4.97.